The van der Waals surface area contributed by atoms with Crippen LogP contribution in [0, 0.1) is 24.0 Å². The molecule has 12 nitrogen and oxygen atoms in total. The number of morpholine rings is 1. The molecule has 202 valence electrons. The van der Waals surface area contributed by atoms with Crippen molar-refractivity contribution in [2.45, 2.75) is 26.3 Å². The zero-order valence-electron chi connectivity index (χ0n) is 21.5. The van der Waals surface area contributed by atoms with Gasteiger partial charge in [0.25, 0.3) is 17.4 Å². The Kier molecular flexibility index (Phi) is 7.93. The number of H-pyrrole nitrogens is 1. The number of nitro groups is 1. The average Bonchev–Trinajstić information content (AvgIpc) is 3.35. The first-order valence-corrected chi connectivity index (χ1v) is 12.3. The van der Waals surface area contributed by atoms with E-state index in [0.29, 0.717) is 43.0 Å². The molecule has 0 aliphatic carbocycles. The topological polar surface area (TPSA) is 155 Å². The summed E-state index contributed by atoms with van der Waals surface area (Å²) in [6, 6.07) is 4.59. The highest BCUT2D eigenvalue weighted by Gasteiger charge is 2.46. The molecule has 3 heterocycles. The minimum absolute atomic E-state index is 0.123. The normalized spacial score (nSPS) is 19.7. The van der Waals surface area contributed by atoms with Gasteiger partial charge in [-0.1, -0.05) is 0 Å². The maximum atomic E-state index is 13.3. The van der Waals surface area contributed by atoms with Crippen LogP contribution in [0.15, 0.2) is 29.8 Å². The number of rotatable bonds is 8. The number of hydrogen-bond donors (Lipinski definition) is 2. The molecule has 2 N–H and O–H groups in total. The van der Waals surface area contributed by atoms with Crippen LogP contribution in [0.3, 0.4) is 0 Å². The largest absolute Gasteiger partial charge is 0.507 e. The zero-order chi connectivity index (χ0) is 27.6. The monoisotopic (exact) mass is 526 g/mol. The van der Waals surface area contributed by atoms with Gasteiger partial charge in [0.05, 0.1) is 36.9 Å². The second-order valence-electron chi connectivity index (χ2n) is 9.27. The number of aromatic nitrogens is 1. The Morgan fingerprint density at radius 1 is 1.18 bits per heavy atom. The van der Waals surface area contributed by atoms with Crippen LogP contribution < -0.4 is 0 Å². The molecular weight excluding hydrogens is 496 g/mol. The van der Waals surface area contributed by atoms with Crippen LogP contribution >= 0.6 is 0 Å². The summed E-state index contributed by atoms with van der Waals surface area (Å²) in [7, 11) is 1.23. The molecule has 2 aliphatic rings. The van der Waals surface area contributed by atoms with Crippen LogP contribution in [0.5, 0.6) is 0 Å². The van der Waals surface area contributed by atoms with E-state index in [0.717, 1.165) is 13.1 Å². The van der Waals surface area contributed by atoms with E-state index >= 15 is 0 Å². The maximum absolute atomic E-state index is 13.3. The number of benzene rings is 1. The first-order chi connectivity index (χ1) is 18.1. The van der Waals surface area contributed by atoms with Crippen LogP contribution in [-0.2, 0) is 19.1 Å². The second-order valence-corrected chi connectivity index (χ2v) is 9.27. The number of aryl methyl sites for hydroxylation is 1. The lowest BCUT2D eigenvalue weighted by Crippen LogP contribution is -2.38. The first-order valence-electron chi connectivity index (χ1n) is 12.3. The third kappa shape index (κ3) is 5.04. The molecule has 12 heteroatoms. The average molecular weight is 527 g/mol. The predicted molar refractivity (Wildman–Crippen MR) is 136 cm³/mol. The summed E-state index contributed by atoms with van der Waals surface area (Å²) in [5.74, 6) is -2.70. The number of non-ortho nitro benzene ring substituents is 1. The molecule has 0 radical (unpaired) electrons. The Morgan fingerprint density at radius 2 is 1.84 bits per heavy atom. The number of ketones is 1. The SMILES string of the molecule is COC(=O)c1[nH]c(C)c(/C(O)=C2\C(=O)C(=O)N(CCCN3CCOCC3)[C@@H]2c2ccc([N+](=O)[O-])cc2)c1C. The Morgan fingerprint density at radius 3 is 2.45 bits per heavy atom. The van der Waals surface area contributed by atoms with Crippen molar-refractivity contribution in [3.63, 3.8) is 0 Å². The Balaban J connectivity index is 1.76. The Labute approximate surface area is 219 Å². The molecule has 0 spiro atoms. The molecule has 1 aromatic carbocycles. The summed E-state index contributed by atoms with van der Waals surface area (Å²) in [5, 5.41) is 22.6. The summed E-state index contributed by atoms with van der Waals surface area (Å²) >= 11 is 0. The number of aliphatic hydroxyl groups is 1. The van der Waals surface area contributed by atoms with E-state index in [2.05, 4.69) is 9.88 Å². The number of carbonyl (C=O) groups excluding carboxylic acids is 3. The molecule has 0 unspecified atom stereocenters. The number of nitrogens with one attached hydrogen (secondary N) is 1. The van der Waals surface area contributed by atoms with Crippen molar-refractivity contribution >= 4 is 29.1 Å². The number of hydrogen-bond acceptors (Lipinski definition) is 9. The number of nitrogens with zero attached hydrogens (tertiary/aromatic N) is 3. The van der Waals surface area contributed by atoms with Crippen LogP contribution in [-0.4, -0.2) is 89.0 Å². The van der Waals surface area contributed by atoms with Crippen LogP contribution in [0.25, 0.3) is 5.76 Å². The van der Waals surface area contributed by atoms with Crippen molar-refractivity contribution in [1.29, 1.82) is 0 Å². The fourth-order valence-corrected chi connectivity index (χ4v) is 5.07. The van der Waals surface area contributed by atoms with Crippen molar-refractivity contribution in [3.8, 4) is 0 Å². The Hall–Kier alpha value is -4.03. The number of ether oxygens (including phenoxy) is 2. The van der Waals surface area contributed by atoms with Gasteiger partial charge in [0.2, 0.25) is 0 Å². The van der Waals surface area contributed by atoms with E-state index in [1.54, 1.807) is 13.8 Å². The highest BCUT2D eigenvalue weighted by atomic mass is 16.6. The van der Waals surface area contributed by atoms with Gasteiger partial charge < -0.3 is 24.5 Å². The zero-order valence-corrected chi connectivity index (χ0v) is 21.5. The molecular formula is C26H30N4O8. The van der Waals surface area contributed by atoms with Gasteiger partial charge in [0.15, 0.2) is 0 Å². The van der Waals surface area contributed by atoms with Crippen molar-refractivity contribution in [3.05, 3.63) is 68.0 Å². The summed E-state index contributed by atoms with van der Waals surface area (Å²) in [6.45, 7) is 6.99. The maximum Gasteiger partial charge on any atom is 0.354 e. The summed E-state index contributed by atoms with van der Waals surface area (Å²) in [5.41, 5.74) is 1.30. The number of likely N-dealkylation sites (tertiary alicyclic amines) is 1. The van der Waals surface area contributed by atoms with E-state index in [4.69, 9.17) is 9.47 Å². The van der Waals surface area contributed by atoms with Crippen molar-refractivity contribution < 1.29 is 33.9 Å². The molecule has 0 saturated carbocycles. The van der Waals surface area contributed by atoms with Gasteiger partial charge >= 0.3 is 5.97 Å². The smallest absolute Gasteiger partial charge is 0.354 e. The summed E-state index contributed by atoms with van der Waals surface area (Å²) < 4.78 is 10.2. The molecule has 1 aromatic heterocycles. The minimum Gasteiger partial charge on any atom is -0.507 e. The highest BCUT2D eigenvalue weighted by Crippen LogP contribution is 2.41. The van der Waals surface area contributed by atoms with E-state index in [1.807, 2.05) is 0 Å². The standard InChI is InChI=1S/C26H30N4O8/c1-15-19(16(2)27-21(15)26(34)37-3)23(31)20-22(17-5-7-18(8-6-17)30(35)36)29(25(33)24(20)32)10-4-9-28-11-13-38-14-12-28/h5-8,22,27,31H,4,9-14H2,1-3H3/b23-20+/t22-/m1/s1. The van der Waals surface area contributed by atoms with Crippen LogP contribution in [0.1, 0.15) is 45.3 Å². The van der Waals surface area contributed by atoms with Gasteiger partial charge in [-0.15, -0.1) is 0 Å². The van der Waals surface area contributed by atoms with E-state index in [-0.39, 0.29) is 29.1 Å². The number of amides is 1. The first kappa shape index (κ1) is 27.0. The number of methoxy groups -OCH3 is 1. The van der Waals surface area contributed by atoms with Gasteiger partial charge in [0.1, 0.15) is 11.5 Å². The second kappa shape index (κ2) is 11.2. The summed E-state index contributed by atoms with van der Waals surface area (Å²) in [4.78, 5) is 55.9. The fourth-order valence-electron chi connectivity index (χ4n) is 5.07. The van der Waals surface area contributed by atoms with Crippen molar-refractivity contribution in [1.82, 2.24) is 14.8 Å². The molecule has 2 aliphatic heterocycles. The molecule has 1 atom stereocenters. The number of carbonyl (C=O) groups is 3. The summed E-state index contributed by atoms with van der Waals surface area (Å²) in [6.07, 6.45) is 0.575. The number of aliphatic hydroxyl groups excluding tert-OH is 1. The fraction of sp³-hybridized carbons (Fsp3) is 0.423. The van der Waals surface area contributed by atoms with Gasteiger partial charge in [-0.3, -0.25) is 24.6 Å². The molecule has 2 saturated heterocycles. The van der Waals surface area contributed by atoms with Gasteiger partial charge in [0, 0.05) is 49.6 Å². The van der Waals surface area contributed by atoms with Gasteiger partial charge in [-0.25, -0.2) is 4.79 Å². The molecule has 2 fully saturated rings. The van der Waals surface area contributed by atoms with E-state index in [9.17, 15) is 29.6 Å². The molecule has 0 bridgehead atoms. The number of aromatic amines is 1. The predicted octanol–water partition coefficient (Wildman–Crippen LogP) is 2.47. The molecule has 2 aromatic rings. The molecule has 38 heavy (non-hydrogen) atoms. The lowest BCUT2D eigenvalue weighted by Gasteiger charge is -2.29. The van der Waals surface area contributed by atoms with E-state index in [1.165, 1.54) is 36.3 Å². The lowest BCUT2D eigenvalue weighted by molar-refractivity contribution is -0.384. The van der Waals surface area contributed by atoms with Crippen LogP contribution in [0.4, 0.5) is 5.69 Å². The highest BCUT2D eigenvalue weighted by molar-refractivity contribution is 6.46. The van der Waals surface area contributed by atoms with Gasteiger partial charge in [-0.2, -0.15) is 0 Å². The number of nitro benzene ring substituents is 1. The van der Waals surface area contributed by atoms with Crippen LogP contribution in [0.2, 0.25) is 0 Å². The van der Waals surface area contributed by atoms with E-state index < -0.39 is 34.4 Å². The van der Waals surface area contributed by atoms with Crippen molar-refractivity contribution in [2.75, 3.05) is 46.5 Å². The van der Waals surface area contributed by atoms with Gasteiger partial charge in [-0.05, 0) is 43.5 Å². The third-order valence-electron chi connectivity index (χ3n) is 7.00. The Bertz CT molecular complexity index is 1290. The number of esters is 1. The minimum atomic E-state index is -0.962. The lowest BCUT2D eigenvalue weighted by atomic mass is 9.94. The number of Topliss-reactive ketones (excluding diaryl/α,β-unsaturated/α-hetero) is 1. The quantitative estimate of drug-likeness (QED) is 0.132. The molecule has 4 rings (SSSR count). The van der Waals surface area contributed by atoms with Crippen molar-refractivity contribution in [2.24, 2.45) is 0 Å². The molecule has 1 amide bonds. The third-order valence-corrected chi connectivity index (χ3v) is 7.00.